The Morgan fingerprint density at radius 3 is 1.80 bits per heavy atom. The van der Waals surface area contributed by atoms with Crippen molar-refractivity contribution >= 4 is 34.8 Å². The summed E-state index contributed by atoms with van der Waals surface area (Å²) < 4.78 is 10.9. The van der Waals surface area contributed by atoms with Gasteiger partial charge in [-0.2, -0.15) is 0 Å². The van der Waals surface area contributed by atoms with Crippen molar-refractivity contribution in [3.05, 3.63) is 84.7 Å². The second kappa shape index (κ2) is 16.6. The fraction of sp³-hybridized carbons (Fsp3) is 0.480. The second-order valence-corrected chi connectivity index (χ2v) is 19.5. The average Bonchev–Trinajstić information content (AvgIpc) is 3.87. The van der Waals surface area contributed by atoms with E-state index in [0.29, 0.717) is 24.7 Å². The van der Waals surface area contributed by atoms with Crippen LogP contribution < -0.4 is 5.32 Å². The van der Waals surface area contributed by atoms with Gasteiger partial charge in [-0.15, -0.1) is 0 Å². The van der Waals surface area contributed by atoms with E-state index >= 15 is 0 Å². The lowest BCUT2D eigenvalue weighted by molar-refractivity contribution is -0.140. The average molecular weight is 883 g/mol. The fourth-order valence-electron chi connectivity index (χ4n) is 11.4. The van der Waals surface area contributed by atoms with Crippen LogP contribution in [0.3, 0.4) is 0 Å². The summed E-state index contributed by atoms with van der Waals surface area (Å²) >= 11 is 0. The largest absolute Gasteiger partial charge is 0.465 e. The normalized spacial score (nSPS) is 27.5. The number of hydrogen-bond acceptors (Lipinski definition) is 8. The number of likely N-dealkylation sites (N-methyl/N-ethyl adjacent to an activating group) is 1. The third-order valence-corrected chi connectivity index (χ3v) is 14.8. The predicted molar refractivity (Wildman–Crippen MR) is 243 cm³/mol. The minimum absolute atomic E-state index is 0.0122. The highest BCUT2D eigenvalue weighted by atomic mass is 16.5. The lowest BCUT2D eigenvalue weighted by Gasteiger charge is -2.38. The molecule has 5 heterocycles. The number of fused-ring (bicyclic) bond motifs is 3. The molecule has 65 heavy (non-hydrogen) atoms. The number of aromatic amines is 2. The number of aromatic nitrogens is 4. The molecule has 5 aliphatic rings. The van der Waals surface area contributed by atoms with Crippen molar-refractivity contribution in [3.63, 3.8) is 0 Å². The summed E-state index contributed by atoms with van der Waals surface area (Å²) in [5.74, 6) is 1.85. The minimum Gasteiger partial charge on any atom is -0.465 e. The molecule has 2 saturated carbocycles. The number of ether oxygens (including phenoxy) is 2. The van der Waals surface area contributed by atoms with Crippen molar-refractivity contribution in [2.45, 2.75) is 115 Å². The first-order chi connectivity index (χ1) is 31.3. The van der Waals surface area contributed by atoms with E-state index in [9.17, 15) is 24.3 Å². The molecule has 0 bridgehead atoms. The lowest BCUT2D eigenvalue weighted by Crippen LogP contribution is -2.55. The molecule has 11 atom stereocenters. The molecule has 15 heteroatoms. The zero-order valence-corrected chi connectivity index (χ0v) is 37.7. The number of likely N-dealkylation sites (tertiary alicyclic amines) is 2. The van der Waals surface area contributed by atoms with Crippen molar-refractivity contribution in [1.82, 2.24) is 40.0 Å². The van der Waals surface area contributed by atoms with Gasteiger partial charge in [0, 0.05) is 24.7 Å². The number of carbonyl (C=O) groups excluding carboxylic acids is 3. The molecule has 0 radical (unpaired) electrons. The highest BCUT2D eigenvalue weighted by Gasteiger charge is 2.58. The van der Waals surface area contributed by atoms with E-state index in [2.05, 4.69) is 75.9 Å². The topological polar surface area (TPSA) is 186 Å². The molecule has 2 unspecified atom stereocenters. The number of carbonyl (C=O) groups is 4. The first-order valence-electron chi connectivity index (χ1n) is 23.1. The molecule has 340 valence electrons. The van der Waals surface area contributed by atoms with Gasteiger partial charge in [0.05, 0.1) is 55.2 Å². The number of nitrogens with one attached hydrogen (secondary N) is 3. The van der Waals surface area contributed by atoms with Gasteiger partial charge in [0.2, 0.25) is 11.8 Å². The number of nitrogens with zero attached hydrogens (tertiary/aromatic N) is 5. The quantitative estimate of drug-likeness (QED) is 0.102. The van der Waals surface area contributed by atoms with E-state index in [-0.39, 0.29) is 60.0 Å². The summed E-state index contributed by atoms with van der Waals surface area (Å²) in [6, 6.07) is 19.6. The molecular weight excluding hydrogens is 825 g/mol. The number of rotatable bonds is 11. The highest BCUT2D eigenvalue weighted by Crippen LogP contribution is 2.55. The Labute approximate surface area is 378 Å². The Morgan fingerprint density at radius 1 is 0.738 bits per heavy atom. The Bertz CT molecular complexity index is 2630. The van der Waals surface area contributed by atoms with E-state index in [1.165, 1.54) is 14.2 Å². The molecule has 3 aliphatic heterocycles. The molecule has 3 aromatic carbocycles. The molecule has 4 N–H and O–H groups in total. The number of benzene rings is 3. The smallest absolute Gasteiger partial charge is 0.407 e. The van der Waals surface area contributed by atoms with Crippen LogP contribution in [-0.4, -0.2) is 114 Å². The Kier molecular flexibility index (Phi) is 10.9. The highest BCUT2D eigenvalue weighted by molar-refractivity contribution is 5.91. The van der Waals surface area contributed by atoms with Gasteiger partial charge in [0.15, 0.2) is 0 Å². The van der Waals surface area contributed by atoms with E-state index in [4.69, 9.17) is 19.4 Å². The predicted octanol–water partition coefficient (Wildman–Crippen LogP) is 8.17. The van der Waals surface area contributed by atoms with Crippen LogP contribution in [0.4, 0.5) is 9.59 Å². The van der Waals surface area contributed by atoms with Crippen LogP contribution in [0.5, 0.6) is 0 Å². The van der Waals surface area contributed by atoms with Crippen molar-refractivity contribution < 1.29 is 33.8 Å². The van der Waals surface area contributed by atoms with Gasteiger partial charge in [-0.1, -0.05) is 62.4 Å². The maximum absolute atomic E-state index is 14.4. The number of methoxy groups -OCH3 is 1. The third-order valence-electron chi connectivity index (χ3n) is 14.8. The maximum atomic E-state index is 14.4. The number of imidazole rings is 2. The molecule has 2 aromatic heterocycles. The third kappa shape index (κ3) is 8.01. The van der Waals surface area contributed by atoms with Crippen LogP contribution in [0.1, 0.15) is 90.0 Å². The minimum atomic E-state index is -1.11. The summed E-state index contributed by atoms with van der Waals surface area (Å²) in [6.45, 7) is 7.80. The summed E-state index contributed by atoms with van der Waals surface area (Å²) in [5.41, 5.74) is 5.88. The molecule has 5 aromatic rings. The summed E-state index contributed by atoms with van der Waals surface area (Å²) in [4.78, 5) is 74.4. The van der Waals surface area contributed by atoms with Crippen LogP contribution in [0.15, 0.2) is 73.1 Å². The summed E-state index contributed by atoms with van der Waals surface area (Å²) in [5, 5.41) is 14.8. The zero-order chi connectivity index (χ0) is 45.4. The Balaban J connectivity index is 0.824. The van der Waals surface area contributed by atoms with E-state index in [1.54, 1.807) is 0 Å². The van der Waals surface area contributed by atoms with Crippen molar-refractivity contribution in [3.8, 4) is 33.6 Å². The van der Waals surface area contributed by atoms with Crippen LogP contribution in [0.2, 0.25) is 0 Å². The van der Waals surface area contributed by atoms with Crippen LogP contribution in [0, 0.1) is 23.7 Å². The van der Waals surface area contributed by atoms with Gasteiger partial charge in [0.25, 0.3) is 0 Å². The molecule has 4 amide bonds. The number of amides is 4. The van der Waals surface area contributed by atoms with E-state index in [1.807, 2.05) is 49.9 Å². The maximum Gasteiger partial charge on any atom is 0.407 e. The summed E-state index contributed by atoms with van der Waals surface area (Å²) in [7, 11) is 2.80. The zero-order valence-electron chi connectivity index (χ0n) is 37.7. The molecular formula is C50H58N8O7. The lowest BCUT2D eigenvalue weighted by atomic mass is 9.85. The molecule has 0 spiro atoms. The molecule has 3 saturated heterocycles. The SMILES string of the molecule is COC(=O)N[C@H](C(=O)N1C(c2ncc(-c3ccc(-c4ccc5cc(-c6cnc([C@@H]7C[C@H]8C[C@H]8N7C(=O)[C@H](C(C)C)N(C)C(=O)O)[nH]6)ccc5c4)cc3)[nH]2)C[C@@H]2C[C@H]21)C1C[C@@H](C)O[C@@H](C)C1. The van der Waals surface area contributed by atoms with Gasteiger partial charge in [-0.3, -0.25) is 14.5 Å². The van der Waals surface area contributed by atoms with Gasteiger partial charge in [-0.25, -0.2) is 19.6 Å². The molecule has 15 nitrogen and oxygen atoms in total. The number of alkyl carbamates (subject to hydrolysis) is 1. The Hall–Kier alpha value is -6.22. The van der Waals surface area contributed by atoms with Crippen LogP contribution >= 0.6 is 0 Å². The van der Waals surface area contributed by atoms with E-state index in [0.717, 1.165) is 86.6 Å². The van der Waals surface area contributed by atoms with Gasteiger partial charge < -0.3 is 39.7 Å². The van der Waals surface area contributed by atoms with Crippen molar-refractivity contribution in [2.24, 2.45) is 23.7 Å². The first-order valence-corrected chi connectivity index (χ1v) is 23.1. The van der Waals surface area contributed by atoms with Crippen LogP contribution in [0.25, 0.3) is 44.4 Å². The molecule has 5 fully saturated rings. The van der Waals surface area contributed by atoms with Crippen LogP contribution in [-0.2, 0) is 19.1 Å². The molecule has 10 rings (SSSR count). The Morgan fingerprint density at radius 2 is 1.25 bits per heavy atom. The summed E-state index contributed by atoms with van der Waals surface area (Å²) in [6.07, 6.45) is 6.83. The molecule has 2 aliphatic carbocycles. The number of carboxylic acid groups (broad SMARTS) is 1. The fourth-order valence-corrected chi connectivity index (χ4v) is 11.4. The standard InChI is InChI=1S/C50H58N8O7/c1-25(2)44(56(5)50(62)63)48(60)58-40-20-35(40)22-42(58)46-52-24-38(54-46)33-14-13-31-17-30(11-12-32(31)18-33)28-7-9-29(10-8-28)37-23-51-45(53-37)41-21-34-19-39(34)57(41)47(59)43(55-49(61)64-6)36-15-26(3)65-27(4)16-36/h7-14,17-18,23-27,34-36,39-44H,15-16,19-22H2,1-6H3,(H,51,53)(H,52,54)(H,55,61)(H,62,63)/t26-,27+,34-,35+,36?,39+,40+,41?,42-,43-,44-/m0/s1. The van der Waals surface area contributed by atoms with Gasteiger partial charge in [0.1, 0.15) is 23.7 Å². The van der Waals surface area contributed by atoms with Crippen molar-refractivity contribution in [2.75, 3.05) is 14.2 Å². The number of hydrogen-bond donors (Lipinski definition) is 4. The number of H-pyrrole nitrogens is 2. The van der Waals surface area contributed by atoms with Crippen molar-refractivity contribution in [1.29, 1.82) is 0 Å². The monoisotopic (exact) mass is 882 g/mol. The first kappa shape index (κ1) is 42.7. The number of piperidine rings is 2. The van der Waals surface area contributed by atoms with Gasteiger partial charge in [-0.05, 0) is 116 Å². The van der Waals surface area contributed by atoms with E-state index < -0.39 is 24.3 Å². The second-order valence-electron chi connectivity index (χ2n) is 19.5. The van der Waals surface area contributed by atoms with Gasteiger partial charge >= 0.3 is 12.2 Å².